The van der Waals surface area contributed by atoms with Gasteiger partial charge in [-0.25, -0.2) is 0 Å². The molecule has 1 aromatic rings. The van der Waals surface area contributed by atoms with Gasteiger partial charge in [0.2, 0.25) is 5.91 Å². The van der Waals surface area contributed by atoms with E-state index in [-0.39, 0.29) is 11.3 Å². The number of nitrogens with one attached hydrogen (secondary N) is 1. The van der Waals surface area contributed by atoms with Gasteiger partial charge in [-0.3, -0.25) is 15.2 Å². The first-order valence-electron chi connectivity index (χ1n) is 6.55. The van der Waals surface area contributed by atoms with Crippen LogP contribution in [0.5, 0.6) is 0 Å². The van der Waals surface area contributed by atoms with Crippen molar-refractivity contribution in [1.29, 1.82) is 0 Å². The lowest BCUT2D eigenvalue weighted by Crippen LogP contribution is -2.32. The van der Waals surface area contributed by atoms with Crippen molar-refractivity contribution in [1.82, 2.24) is 5.43 Å². The molecule has 1 saturated heterocycles. The highest BCUT2D eigenvalue weighted by Gasteiger charge is 2.42. The van der Waals surface area contributed by atoms with Gasteiger partial charge in [0.1, 0.15) is 0 Å². The van der Waals surface area contributed by atoms with Crippen LogP contribution in [0.15, 0.2) is 36.5 Å². The summed E-state index contributed by atoms with van der Waals surface area (Å²) in [5.74, 6) is -0.0151. The van der Waals surface area contributed by atoms with Crippen LogP contribution < -0.4 is 10.4 Å². The molecule has 0 atom stereocenters. The molecular formula is C16H22N2O. The summed E-state index contributed by atoms with van der Waals surface area (Å²) in [5, 5.41) is 1.79. The monoisotopic (exact) mass is 258 g/mol. The molecule has 0 unspecified atom stereocenters. The summed E-state index contributed by atoms with van der Waals surface area (Å²) in [5.41, 5.74) is 5.38. The summed E-state index contributed by atoms with van der Waals surface area (Å²) in [6.45, 7) is 14.3. The van der Waals surface area contributed by atoms with Crippen LogP contribution in [0, 0.1) is 5.41 Å². The van der Waals surface area contributed by atoms with Crippen molar-refractivity contribution in [2.75, 3.05) is 5.01 Å². The summed E-state index contributed by atoms with van der Waals surface area (Å²) >= 11 is 0. The molecule has 1 aliphatic rings. The molecule has 0 bridgehead atoms. The third kappa shape index (κ3) is 2.25. The van der Waals surface area contributed by atoms with Crippen LogP contribution in [-0.2, 0) is 10.2 Å². The van der Waals surface area contributed by atoms with Crippen LogP contribution in [0.2, 0.25) is 0 Å². The van der Waals surface area contributed by atoms with Crippen LogP contribution in [0.4, 0.5) is 5.69 Å². The first kappa shape index (κ1) is 13.7. The van der Waals surface area contributed by atoms with Gasteiger partial charge in [0.15, 0.2) is 0 Å². The molecule has 3 heteroatoms. The van der Waals surface area contributed by atoms with Gasteiger partial charge in [0, 0.05) is 5.70 Å². The molecule has 0 spiro atoms. The zero-order valence-electron chi connectivity index (χ0n) is 12.4. The fourth-order valence-corrected chi connectivity index (χ4v) is 2.05. The number of hydrazine groups is 1. The van der Waals surface area contributed by atoms with Gasteiger partial charge < -0.3 is 0 Å². The predicted octanol–water partition coefficient (Wildman–Crippen LogP) is 3.38. The second-order valence-electron chi connectivity index (χ2n) is 6.65. The van der Waals surface area contributed by atoms with Crippen molar-refractivity contribution in [2.45, 2.75) is 40.0 Å². The highest BCUT2D eigenvalue weighted by Crippen LogP contribution is 2.37. The Morgan fingerprint density at radius 3 is 2.37 bits per heavy atom. The number of benzene rings is 1. The molecule has 102 valence electrons. The molecule has 19 heavy (non-hydrogen) atoms. The normalized spacial score (nSPS) is 18.7. The average molecular weight is 258 g/mol. The SMILES string of the molecule is C=C1N(c2cccc(C(C)(C)C)c2)NC(=O)C1(C)C. The van der Waals surface area contributed by atoms with E-state index in [0.717, 1.165) is 11.4 Å². The van der Waals surface area contributed by atoms with Crippen LogP contribution in [0.3, 0.4) is 0 Å². The summed E-state index contributed by atoms with van der Waals surface area (Å²) in [6.07, 6.45) is 0. The Hall–Kier alpha value is -1.77. The number of hydrogen-bond acceptors (Lipinski definition) is 2. The fraction of sp³-hybridized carbons (Fsp3) is 0.438. The lowest BCUT2D eigenvalue weighted by molar-refractivity contribution is -0.125. The fourth-order valence-electron chi connectivity index (χ4n) is 2.05. The minimum Gasteiger partial charge on any atom is -0.272 e. The first-order chi connectivity index (χ1) is 8.64. The van der Waals surface area contributed by atoms with E-state index < -0.39 is 5.41 Å². The molecule has 1 amide bonds. The maximum atomic E-state index is 12.0. The molecule has 0 aromatic heterocycles. The van der Waals surface area contributed by atoms with E-state index in [1.807, 2.05) is 26.0 Å². The summed E-state index contributed by atoms with van der Waals surface area (Å²) in [4.78, 5) is 12.0. The van der Waals surface area contributed by atoms with Crippen molar-refractivity contribution in [2.24, 2.45) is 5.41 Å². The smallest absolute Gasteiger partial charge is 0.250 e. The van der Waals surface area contributed by atoms with Crippen LogP contribution in [-0.4, -0.2) is 5.91 Å². The van der Waals surface area contributed by atoms with E-state index in [1.54, 1.807) is 5.01 Å². The van der Waals surface area contributed by atoms with E-state index in [4.69, 9.17) is 0 Å². The molecule has 0 aliphatic carbocycles. The molecule has 0 radical (unpaired) electrons. The molecule has 1 aromatic carbocycles. The highest BCUT2D eigenvalue weighted by molar-refractivity contribution is 5.92. The number of hydrogen-bond donors (Lipinski definition) is 1. The van der Waals surface area contributed by atoms with Crippen molar-refractivity contribution in [3.8, 4) is 0 Å². The molecule has 1 fully saturated rings. The minimum atomic E-state index is -0.558. The topological polar surface area (TPSA) is 32.3 Å². The van der Waals surface area contributed by atoms with Gasteiger partial charge in [0.05, 0.1) is 11.1 Å². The maximum absolute atomic E-state index is 12.0. The number of nitrogens with zero attached hydrogens (tertiary/aromatic N) is 1. The second kappa shape index (κ2) is 4.12. The van der Waals surface area contributed by atoms with Gasteiger partial charge in [-0.05, 0) is 37.0 Å². The van der Waals surface area contributed by atoms with Gasteiger partial charge in [-0.1, -0.05) is 39.5 Å². The lowest BCUT2D eigenvalue weighted by atomic mass is 9.86. The number of carbonyl (C=O) groups is 1. The number of amides is 1. The second-order valence-corrected chi connectivity index (χ2v) is 6.65. The minimum absolute atomic E-state index is 0.0151. The average Bonchev–Trinajstić information content (AvgIpc) is 2.52. The Morgan fingerprint density at radius 2 is 1.89 bits per heavy atom. The van der Waals surface area contributed by atoms with Gasteiger partial charge in [-0.2, -0.15) is 0 Å². The summed E-state index contributed by atoms with van der Waals surface area (Å²) < 4.78 is 0. The largest absolute Gasteiger partial charge is 0.272 e. The zero-order chi connectivity index (χ0) is 14.4. The predicted molar refractivity (Wildman–Crippen MR) is 78.7 cm³/mol. The maximum Gasteiger partial charge on any atom is 0.250 e. The van der Waals surface area contributed by atoms with Crippen molar-refractivity contribution in [3.05, 3.63) is 42.1 Å². The van der Waals surface area contributed by atoms with E-state index in [2.05, 4.69) is 44.9 Å². The van der Waals surface area contributed by atoms with Crippen LogP contribution in [0.25, 0.3) is 0 Å². The van der Waals surface area contributed by atoms with Gasteiger partial charge >= 0.3 is 0 Å². The molecule has 0 saturated carbocycles. The molecule has 1 N–H and O–H groups in total. The summed E-state index contributed by atoms with van der Waals surface area (Å²) in [6, 6.07) is 8.21. The van der Waals surface area contributed by atoms with E-state index in [0.29, 0.717) is 0 Å². The Labute approximate surface area is 115 Å². The molecule has 1 aliphatic heterocycles. The summed E-state index contributed by atoms with van der Waals surface area (Å²) in [7, 11) is 0. The number of anilines is 1. The first-order valence-corrected chi connectivity index (χ1v) is 6.55. The Bertz CT molecular complexity index is 538. The molecular weight excluding hydrogens is 236 g/mol. The Balaban J connectivity index is 2.40. The molecule has 3 nitrogen and oxygen atoms in total. The lowest BCUT2D eigenvalue weighted by Gasteiger charge is -2.25. The quantitative estimate of drug-likeness (QED) is 0.837. The van der Waals surface area contributed by atoms with Gasteiger partial charge in [-0.15, -0.1) is 0 Å². The van der Waals surface area contributed by atoms with Crippen molar-refractivity contribution in [3.63, 3.8) is 0 Å². The van der Waals surface area contributed by atoms with E-state index in [9.17, 15) is 4.79 Å². The van der Waals surface area contributed by atoms with Crippen molar-refractivity contribution >= 4 is 11.6 Å². The molecule has 2 rings (SSSR count). The third-order valence-corrected chi connectivity index (χ3v) is 3.74. The Kier molecular flexibility index (Phi) is 2.96. The number of rotatable bonds is 1. The van der Waals surface area contributed by atoms with Crippen molar-refractivity contribution < 1.29 is 4.79 Å². The third-order valence-electron chi connectivity index (χ3n) is 3.74. The van der Waals surface area contributed by atoms with Gasteiger partial charge in [0.25, 0.3) is 0 Å². The highest BCUT2D eigenvalue weighted by atomic mass is 16.2. The Morgan fingerprint density at radius 1 is 1.26 bits per heavy atom. The van der Waals surface area contributed by atoms with Crippen LogP contribution in [0.1, 0.15) is 40.2 Å². The standard InChI is InChI=1S/C16H22N2O/c1-11-16(5,6)14(19)17-18(11)13-9-7-8-12(10-13)15(2,3)4/h7-10H,1H2,2-6H3,(H,17,19). The zero-order valence-corrected chi connectivity index (χ0v) is 12.4. The number of carbonyl (C=O) groups excluding carboxylic acids is 1. The van der Waals surface area contributed by atoms with Crippen LogP contribution >= 0.6 is 0 Å². The van der Waals surface area contributed by atoms with E-state index in [1.165, 1.54) is 5.56 Å². The van der Waals surface area contributed by atoms with E-state index >= 15 is 0 Å². The molecule has 1 heterocycles.